The first-order valence-electron chi connectivity index (χ1n) is 23.4. The average Bonchev–Trinajstić information content (AvgIpc) is 3.28. The number of phenols is 1. The highest BCUT2D eigenvalue weighted by Gasteiger charge is 2.53. The van der Waals surface area contributed by atoms with Gasteiger partial charge in [-0.25, -0.2) is 4.79 Å². The average molecular weight is 922 g/mol. The van der Waals surface area contributed by atoms with E-state index >= 15 is 0 Å². The van der Waals surface area contributed by atoms with Gasteiger partial charge >= 0.3 is 5.97 Å². The molecule has 3 unspecified atom stereocenters. The number of aromatic hydroxyl groups is 1. The van der Waals surface area contributed by atoms with Crippen LogP contribution in [0.25, 0.3) is 0 Å². The zero-order valence-electron chi connectivity index (χ0n) is 40.9. The van der Waals surface area contributed by atoms with Crippen LogP contribution in [0.4, 0.5) is 0 Å². The summed E-state index contributed by atoms with van der Waals surface area (Å²) >= 11 is 0. The zero-order chi connectivity index (χ0) is 49.1. The van der Waals surface area contributed by atoms with Crippen LogP contribution in [0.2, 0.25) is 0 Å². The molecule has 1 amide bonds. The maximum Gasteiger partial charge on any atom is 0.329 e. The number of cyclic esters (lactones) is 1. The Labute approximate surface area is 391 Å². The lowest BCUT2D eigenvalue weighted by atomic mass is 9.79. The number of allylic oxidation sites excluding steroid dienone is 6. The van der Waals surface area contributed by atoms with Gasteiger partial charge < -0.3 is 43.9 Å². The van der Waals surface area contributed by atoms with Crippen LogP contribution >= 0.6 is 0 Å². The SMILES string of the molecule is COc1cc(C[C@@H](C)[C@]2(C)CC(=O)[C@H](C)/C=C(\C)[C@@H](O)[C@@H](OC)C(=O)[C@H](C)C[C@H](C)/C=C/C=C/C=C(\C)[C@@H](OC)CC3CC[C@@H](C)C(O)(O3)C(=O)C(=O)N3CCCCC3C(=O)O2)ccc1O. The minimum atomic E-state index is -2.45. The number of carbonyl (C=O) groups is 5. The summed E-state index contributed by atoms with van der Waals surface area (Å²) in [6.45, 7) is 14.2. The van der Waals surface area contributed by atoms with Gasteiger partial charge in [0.25, 0.3) is 11.7 Å². The number of aliphatic hydroxyl groups is 2. The number of amides is 1. The van der Waals surface area contributed by atoms with Crippen molar-refractivity contribution in [3.8, 4) is 11.5 Å². The van der Waals surface area contributed by atoms with E-state index in [-0.39, 0.29) is 54.8 Å². The number of ketones is 3. The number of Topliss-reactive ketones (excluding diaryl/α,β-unsaturated/α-hetero) is 3. The van der Waals surface area contributed by atoms with Crippen LogP contribution in [0.15, 0.2) is 65.8 Å². The Balaban J connectivity index is 1.76. The van der Waals surface area contributed by atoms with Gasteiger partial charge in [-0.2, -0.15) is 0 Å². The first-order chi connectivity index (χ1) is 31.1. The van der Waals surface area contributed by atoms with Gasteiger partial charge in [0.2, 0.25) is 5.79 Å². The molecular formula is C52H75NO13. The summed E-state index contributed by atoms with van der Waals surface area (Å²) in [7, 11) is 4.37. The van der Waals surface area contributed by atoms with Crippen LogP contribution in [0.3, 0.4) is 0 Å². The second-order valence-electron chi connectivity index (χ2n) is 19.2. The summed E-state index contributed by atoms with van der Waals surface area (Å²) in [6, 6.07) is 3.66. The zero-order valence-corrected chi connectivity index (χ0v) is 40.9. The normalized spacial score (nSPS) is 36.2. The fraction of sp³-hybridized carbons (Fsp3) is 0.635. The predicted molar refractivity (Wildman–Crippen MR) is 249 cm³/mol. The highest BCUT2D eigenvalue weighted by molar-refractivity contribution is 6.39. The van der Waals surface area contributed by atoms with E-state index in [1.807, 2.05) is 51.2 Å². The largest absolute Gasteiger partial charge is 0.504 e. The predicted octanol–water partition coefficient (Wildman–Crippen LogP) is 6.96. The molecular weight excluding hydrogens is 847 g/mol. The molecule has 366 valence electrons. The van der Waals surface area contributed by atoms with Crippen molar-refractivity contribution in [3.05, 3.63) is 71.4 Å². The van der Waals surface area contributed by atoms with Gasteiger partial charge in [-0.05, 0) is 100 Å². The Morgan fingerprint density at radius 3 is 2.29 bits per heavy atom. The number of carbonyl (C=O) groups excluding carboxylic acids is 5. The quantitative estimate of drug-likeness (QED) is 0.151. The molecule has 3 aliphatic rings. The number of benzene rings is 1. The molecule has 0 aromatic heterocycles. The number of esters is 1. The molecule has 1 aromatic rings. The lowest BCUT2D eigenvalue weighted by molar-refractivity contribution is -0.265. The van der Waals surface area contributed by atoms with Gasteiger partial charge in [0.05, 0.1) is 19.3 Å². The number of hydrogen-bond donors (Lipinski definition) is 3. The Morgan fingerprint density at radius 2 is 1.62 bits per heavy atom. The van der Waals surface area contributed by atoms with Crippen molar-refractivity contribution in [2.75, 3.05) is 27.9 Å². The lowest BCUT2D eigenvalue weighted by Gasteiger charge is -2.43. The Hall–Kier alpha value is -4.47. The summed E-state index contributed by atoms with van der Waals surface area (Å²) < 4.78 is 29.3. The standard InChI is InChI=1S/C52H75NO13/c1-31-17-13-12-14-18-32(2)43(62-9)29-39-22-20-36(6)52(61,65-39)48(58)49(59)53-24-16-15-19-40(53)50(60)66-51(8,37(7)27-38-21-23-41(54)44(28-38)63-10)30-42(55)33(3)26-35(5)46(57)47(64-11)45(56)34(4)25-31/h12-14,17-18,21,23,26,28,31,33-34,36-37,39-40,43,46-47,54,57,61H,15-16,19-20,22,24-25,27,29-30H2,1-11H3/b14-12+,17-13+,32-18+,35-26+/t31-,33-,34-,36-,37-,39?,40?,43+,46-,47+,51+,52?/m1/s1. The van der Waals surface area contributed by atoms with E-state index in [1.54, 1.807) is 59.9 Å². The number of methoxy groups -OCH3 is 3. The summed E-state index contributed by atoms with van der Waals surface area (Å²) in [6.07, 6.45) is 10.5. The molecule has 2 fully saturated rings. The van der Waals surface area contributed by atoms with E-state index in [1.165, 1.54) is 20.3 Å². The Kier molecular flexibility index (Phi) is 19.7. The molecule has 4 rings (SSSR count). The first kappa shape index (κ1) is 54.1. The minimum Gasteiger partial charge on any atom is -0.504 e. The van der Waals surface area contributed by atoms with E-state index in [2.05, 4.69) is 0 Å². The maximum absolute atomic E-state index is 14.5. The monoisotopic (exact) mass is 922 g/mol. The summed E-state index contributed by atoms with van der Waals surface area (Å²) in [5.74, 6) is -8.40. The molecule has 0 radical (unpaired) electrons. The van der Waals surface area contributed by atoms with Crippen molar-refractivity contribution < 1.29 is 63.0 Å². The molecule has 12 atom stereocenters. The van der Waals surface area contributed by atoms with E-state index < -0.39 is 83.2 Å². The number of rotatable bonds is 6. The molecule has 0 saturated carbocycles. The number of ether oxygens (including phenoxy) is 5. The molecule has 0 aliphatic carbocycles. The third-order valence-corrected chi connectivity index (χ3v) is 14.0. The van der Waals surface area contributed by atoms with Crippen molar-refractivity contribution in [1.29, 1.82) is 0 Å². The van der Waals surface area contributed by atoms with Crippen molar-refractivity contribution in [3.63, 3.8) is 0 Å². The third-order valence-electron chi connectivity index (χ3n) is 14.0. The molecule has 3 aliphatic heterocycles. The van der Waals surface area contributed by atoms with Crippen LogP contribution in [0.1, 0.15) is 112 Å². The smallest absolute Gasteiger partial charge is 0.329 e. The van der Waals surface area contributed by atoms with Crippen LogP contribution in [0.5, 0.6) is 11.5 Å². The van der Waals surface area contributed by atoms with Crippen LogP contribution < -0.4 is 4.74 Å². The number of hydrogen-bond acceptors (Lipinski definition) is 13. The van der Waals surface area contributed by atoms with Crippen molar-refractivity contribution >= 4 is 29.2 Å². The lowest BCUT2D eigenvalue weighted by Crippen LogP contribution is -2.61. The molecule has 14 heteroatoms. The number of fused-ring (bicyclic) bond motifs is 3. The van der Waals surface area contributed by atoms with Crippen molar-refractivity contribution in [2.45, 2.75) is 155 Å². The molecule has 0 spiro atoms. The summed E-state index contributed by atoms with van der Waals surface area (Å²) in [5.41, 5.74) is 0.477. The molecule has 2 saturated heterocycles. The number of aliphatic hydroxyl groups excluding tert-OH is 1. The second-order valence-corrected chi connectivity index (χ2v) is 19.2. The van der Waals surface area contributed by atoms with E-state index in [0.717, 1.165) is 16.0 Å². The van der Waals surface area contributed by atoms with E-state index in [0.29, 0.717) is 44.1 Å². The Morgan fingerprint density at radius 1 is 0.909 bits per heavy atom. The molecule has 1 aromatic carbocycles. The van der Waals surface area contributed by atoms with Gasteiger partial charge in [0.1, 0.15) is 29.6 Å². The van der Waals surface area contributed by atoms with Gasteiger partial charge in [-0.15, -0.1) is 0 Å². The summed E-state index contributed by atoms with van der Waals surface area (Å²) in [4.78, 5) is 72.2. The van der Waals surface area contributed by atoms with E-state index in [4.69, 9.17) is 23.7 Å². The molecule has 3 heterocycles. The fourth-order valence-corrected chi connectivity index (χ4v) is 9.34. The summed E-state index contributed by atoms with van der Waals surface area (Å²) in [5, 5.41) is 33.7. The minimum absolute atomic E-state index is 0.00664. The second kappa shape index (κ2) is 24.0. The van der Waals surface area contributed by atoms with E-state index in [9.17, 15) is 39.3 Å². The molecule has 3 N–H and O–H groups in total. The van der Waals surface area contributed by atoms with Crippen LogP contribution in [-0.2, 0) is 49.3 Å². The molecule has 14 nitrogen and oxygen atoms in total. The number of phenolic OH excluding ortho intramolecular Hbond substituents is 1. The third kappa shape index (κ3) is 13.4. The Bertz CT molecular complexity index is 2010. The van der Waals surface area contributed by atoms with Gasteiger partial charge in [0, 0.05) is 57.3 Å². The van der Waals surface area contributed by atoms with Crippen LogP contribution in [0, 0.1) is 29.6 Å². The van der Waals surface area contributed by atoms with Crippen molar-refractivity contribution in [2.24, 2.45) is 29.6 Å². The first-order valence-corrected chi connectivity index (χ1v) is 23.4. The topological polar surface area (TPSA) is 195 Å². The molecule has 2 bridgehead atoms. The van der Waals surface area contributed by atoms with Crippen LogP contribution in [-0.4, -0.2) is 119 Å². The highest BCUT2D eigenvalue weighted by Crippen LogP contribution is 2.38. The van der Waals surface area contributed by atoms with Crippen molar-refractivity contribution in [1.82, 2.24) is 4.90 Å². The van der Waals surface area contributed by atoms with Gasteiger partial charge in [-0.3, -0.25) is 19.2 Å². The van der Waals surface area contributed by atoms with Gasteiger partial charge in [-0.1, -0.05) is 77.1 Å². The highest BCUT2D eigenvalue weighted by atomic mass is 16.6. The maximum atomic E-state index is 14.5. The number of piperidine rings is 1. The molecule has 66 heavy (non-hydrogen) atoms. The van der Waals surface area contributed by atoms with Gasteiger partial charge in [0.15, 0.2) is 17.3 Å². The number of nitrogens with zero attached hydrogens (tertiary/aromatic N) is 1. The fourth-order valence-electron chi connectivity index (χ4n) is 9.34.